The molecule has 0 fully saturated rings. The Balaban J connectivity index is 1.61. The minimum atomic E-state index is -0.561. The van der Waals surface area contributed by atoms with E-state index in [9.17, 15) is 14.4 Å². The number of nitrogens with one attached hydrogen (secondary N) is 2. The molecule has 3 rings (SSSR count). The number of carbonyl (C=O) groups excluding carboxylic acids is 3. The number of ether oxygens (including phenoxy) is 1. The number of anilines is 1. The average Bonchev–Trinajstić information content (AvgIpc) is 3.24. The van der Waals surface area contributed by atoms with E-state index in [2.05, 4.69) is 10.6 Å². The largest absolute Gasteiger partial charge is 0.467 e. The lowest BCUT2D eigenvalue weighted by molar-refractivity contribution is -0.119. The summed E-state index contributed by atoms with van der Waals surface area (Å²) in [5.74, 6) is -0.852. The molecule has 7 heteroatoms. The van der Waals surface area contributed by atoms with Gasteiger partial charge in [-0.25, -0.2) is 4.79 Å². The van der Waals surface area contributed by atoms with E-state index in [0.717, 1.165) is 16.7 Å². The molecule has 2 N–H and O–H groups in total. The number of benzene rings is 2. The van der Waals surface area contributed by atoms with Crippen molar-refractivity contribution in [2.75, 3.05) is 11.9 Å². The lowest BCUT2D eigenvalue weighted by Crippen LogP contribution is -2.26. The Hall–Kier alpha value is -3.87. The van der Waals surface area contributed by atoms with Crippen LogP contribution in [0.4, 0.5) is 5.69 Å². The number of rotatable bonds is 7. The van der Waals surface area contributed by atoms with Crippen LogP contribution in [0.25, 0.3) is 0 Å². The second kappa shape index (κ2) is 9.75. The summed E-state index contributed by atoms with van der Waals surface area (Å²) in [5, 5.41) is 5.36. The molecule has 2 amide bonds. The van der Waals surface area contributed by atoms with Crippen molar-refractivity contribution in [1.29, 1.82) is 0 Å². The van der Waals surface area contributed by atoms with E-state index in [1.807, 2.05) is 32.9 Å². The minimum Gasteiger partial charge on any atom is -0.467 e. The third kappa shape index (κ3) is 5.60. The molecule has 160 valence electrons. The summed E-state index contributed by atoms with van der Waals surface area (Å²) in [6.07, 6.45) is 1.52. The molecular weight excluding hydrogens is 396 g/mol. The van der Waals surface area contributed by atoms with Crippen LogP contribution in [0.1, 0.15) is 43.2 Å². The van der Waals surface area contributed by atoms with Gasteiger partial charge in [0, 0.05) is 0 Å². The van der Waals surface area contributed by atoms with E-state index in [4.69, 9.17) is 9.15 Å². The lowest BCUT2D eigenvalue weighted by atomic mass is 10.00. The van der Waals surface area contributed by atoms with E-state index < -0.39 is 18.5 Å². The first-order valence-corrected chi connectivity index (χ1v) is 9.79. The zero-order valence-corrected chi connectivity index (χ0v) is 17.7. The van der Waals surface area contributed by atoms with Crippen LogP contribution < -0.4 is 10.6 Å². The summed E-state index contributed by atoms with van der Waals surface area (Å²) in [6, 6.07) is 13.9. The Morgan fingerprint density at radius 2 is 1.68 bits per heavy atom. The molecule has 7 nitrogen and oxygen atoms in total. The van der Waals surface area contributed by atoms with Crippen molar-refractivity contribution in [3.63, 3.8) is 0 Å². The number of aryl methyl sites for hydroxylation is 3. The third-order valence-corrected chi connectivity index (χ3v) is 4.66. The number of hydrogen-bond donors (Lipinski definition) is 2. The summed E-state index contributed by atoms with van der Waals surface area (Å²) in [4.78, 5) is 37.3. The molecule has 2 aromatic carbocycles. The molecule has 0 aliphatic heterocycles. The fourth-order valence-electron chi connectivity index (χ4n) is 3.36. The Labute approximate surface area is 180 Å². The van der Waals surface area contributed by atoms with Crippen molar-refractivity contribution in [2.24, 2.45) is 0 Å². The van der Waals surface area contributed by atoms with Crippen molar-refractivity contribution in [2.45, 2.75) is 27.3 Å². The van der Waals surface area contributed by atoms with Crippen molar-refractivity contribution in [3.8, 4) is 0 Å². The van der Waals surface area contributed by atoms with E-state index in [0.29, 0.717) is 22.6 Å². The Kier molecular flexibility index (Phi) is 6.87. The van der Waals surface area contributed by atoms with Crippen molar-refractivity contribution < 1.29 is 23.5 Å². The van der Waals surface area contributed by atoms with Gasteiger partial charge >= 0.3 is 5.97 Å². The molecule has 0 spiro atoms. The SMILES string of the molecule is Cc1cc(C)c(C(=O)OCC(=O)Nc2ccccc2C(=O)NCc2ccco2)c(C)c1. The molecule has 0 saturated carbocycles. The van der Waals surface area contributed by atoms with Gasteiger partial charge in [-0.3, -0.25) is 9.59 Å². The highest BCUT2D eigenvalue weighted by Crippen LogP contribution is 2.18. The second-order valence-corrected chi connectivity index (χ2v) is 7.21. The van der Waals surface area contributed by atoms with Crippen LogP contribution in [0.2, 0.25) is 0 Å². The van der Waals surface area contributed by atoms with Crippen LogP contribution in [-0.4, -0.2) is 24.4 Å². The molecular formula is C24H24N2O5. The van der Waals surface area contributed by atoms with Crippen LogP contribution in [-0.2, 0) is 16.1 Å². The van der Waals surface area contributed by atoms with Gasteiger partial charge in [0.1, 0.15) is 5.76 Å². The zero-order valence-electron chi connectivity index (χ0n) is 17.7. The maximum absolute atomic E-state index is 12.5. The molecule has 0 aliphatic carbocycles. The predicted octanol–water partition coefficient (Wildman–Crippen LogP) is 3.93. The van der Waals surface area contributed by atoms with Crippen LogP contribution >= 0.6 is 0 Å². The van der Waals surface area contributed by atoms with Crippen LogP contribution in [0.5, 0.6) is 0 Å². The van der Waals surface area contributed by atoms with Gasteiger partial charge in [-0.15, -0.1) is 0 Å². The minimum absolute atomic E-state index is 0.223. The van der Waals surface area contributed by atoms with Gasteiger partial charge in [0.15, 0.2) is 6.61 Å². The summed E-state index contributed by atoms with van der Waals surface area (Å²) >= 11 is 0. The number of carbonyl (C=O) groups is 3. The smallest absolute Gasteiger partial charge is 0.339 e. The van der Waals surface area contributed by atoms with Gasteiger partial charge in [-0.05, 0) is 56.2 Å². The van der Waals surface area contributed by atoms with E-state index in [-0.39, 0.29) is 12.5 Å². The maximum atomic E-state index is 12.5. The normalized spacial score (nSPS) is 10.4. The highest BCUT2D eigenvalue weighted by atomic mass is 16.5. The zero-order chi connectivity index (χ0) is 22.4. The van der Waals surface area contributed by atoms with Crippen LogP contribution in [0, 0.1) is 20.8 Å². The third-order valence-electron chi connectivity index (χ3n) is 4.66. The van der Waals surface area contributed by atoms with Crippen molar-refractivity contribution >= 4 is 23.5 Å². The number of esters is 1. The van der Waals surface area contributed by atoms with Crippen molar-refractivity contribution in [1.82, 2.24) is 5.32 Å². The molecule has 0 bridgehead atoms. The quantitative estimate of drug-likeness (QED) is 0.565. The van der Waals surface area contributed by atoms with Gasteiger partial charge in [0.2, 0.25) is 0 Å². The molecule has 0 radical (unpaired) electrons. The summed E-state index contributed by atoms with van der Waals surface area (Å²) < 4.78 is 10.4. The highest BCUT2D eigenvalue weighted by Gasteiger charge is 2.17. The van der Waals surface area contributed by atoms with E-state index >= 15 is 0 Å². The Morgan fingerprint density at radius 3 is 2.35 bits per heavy atom. The topological polar surface area (TPSA) is 97.6 Å². The summed E-state index contributed by atoms with van der Waals surface area (Å²) in [6.45, 7) is 5.36. The molecule has 1 aromatic heterocycles. The summed E-state index contributed by atoms with van der Waals surface area (Å²) in [5.41, 5.74) is 3.70. The molecule has 1 heterocycles. The predicted molar refractivity (Wildman–Crippen MR) is 116 cm³/mol. The Bertz CT molecular complexity index is 1080. The Morgan fingerprint density at radius 1 is 0.968 bits per heavy atom. The fraction of sp³-hybridized carbons (Fsp3) is 0.208. The first-order chi connectivity index (χ1) is 14.8. The van der Waals surface area contributed by atoms with E-state index in [1.165, 1.54) is 6.26 Å². The van der Waals surface area contributed by atoms with Gasteiger partial charge in [-0.2, -0.15) is 0 Å². The maximum Gasteiger partial charge on any atom is 0.339 e. The molecule has 31 heavy (non-hydrogen) atoms. The number of para-hydroxylation sites is 1. The average molecular weight is 420 g/mol. The number of hydrogen-bond acceptors (Lipinski definition) is 5. The number of furan rings is 1. The van der Waals surface area contributed by atoms with Gasteiger partial charge in [0.25, 0.3) is 11.8 Å². The lowest BCUT2D eigenvalue weighted by Gasteiger charge is -2.13. The van der Waals surface area contributed by atoms with Crippen LogP contribution in [0.3, 0.4) is 0 Å². The first-order valence-electron chi connectivity index (χ1n) is 9.79. The van der Waals surface area contributed by atoms with E-state index in [1.54, 1.807) is 36.4 Å². The first kappa shape index (κ1) is 21.8. The standard InChI is InChI=1S/C24H24N2O5/c1-15-11-16(2)22(17(3)12-15)24(29)31-14-21(27)26-20-9-5-4-8-19(20)23(28)25-13-18-7-6-10-30-18/h4-12H,13-14H2,1-3H3,(H,25,28)(H,26,27). The molecule has 0 saturated heterocycles. The fourth-order valence-corrected chi connectivity index (χ4v) is 3.36. The second-order valence-electron chi connectivity index (χ2n) is 7.21. The highest BCUT2D eigenvalue weighted by molar-refractivity contribution is 6.04. The van der Waals surface area contributed by atoms with Gasteiger partial charge in [-0.1, -0.05) is 29.8 Å². The summed E-state index contributed by atoms with van der Waals surface area (Å²) in [7, 11) is 0. The molecule has 0 unspecified atom stereocenters. The number of amides is 2. The monoisotopic (exact) mass is 420 g/mol. The van der Waals surface area contributed by atoms with Gasteiger partial charge < -0.3 is 19.8 Å². The van der Waals surface area contributed by atoms with Crippen LogP contribution in [0.15, 0.2) is 59.2 Å². The molecule has 0 atom stereocenters. The van der Waals surface area contributed by atoms with Gasteiger partial charge in [0.05, 0.1) is 29.6 Å². The van der Waals surface area contributed by atoms with Crippen molar-refractivity contribution in [3.05, 3.63) is 88.4 Å². The molecule has 3 aromatic rings. The molecule has 0 aliphatic rings.